The number of hydrazone groups is 1. The Balaban J connectivity index is 1.68. The molecular formula is C19H19N5O4. The summed E-state index contributed by atoms with van der Waals surface area (Å²) in [4.78, 5) is 31.9. The summed E-state index contributed by atoms with van der Waals surface area (Å²) in [5.41, 5.74) is 3.51. The third-order valence-corrected chi connectivity index (χ3v) is 3.86. The van der Waals surface area contributed by atoms with Crippen LogP contribution in [0.3, 0.4) is 0 Å². The zero-order valence-corrected chi connectivity index (χ0v) is 15.1. The molecule has 2 heterocycles. The number of amides is 2. The highest BCUT2D eigenvalue weighted by molar-refractivity contribution is 5.97. The Morgan fingerprint density at radius 1 is 1.32 bits per heavy atom. The molecular weight excluding hydrogens is 362 g/mol. The van der Waals surface area contributed by atoms with Crippen LogP contribution in [-0.4, -0.2) is 41.1 Å². The molecule has 3 aromatic rings. The average Bonchev–Trinajstić information content (AvgIpc) is 3.41. The van der Waals surface area contributed by atoms with Gasteiger partial charge in [0.05, 0.1) is 25.9 Å². The molecule has 1 atom stereocenters. The molecule has 0 radical (unpaired) electrons. The van der Waals surface area contributed by atoms with Crippen molar-refractivity contribution in [2.75, 3.05) is 7.11 Å². The van der Waals surface area contributed by atoms with E-state index >= 15 is 0 Å². The Bertz CT molecular complexity index is 918. The van der Waals surface area contributed by atoms with E-state index in [0.29, 0.717) is 22.8 Å². The minimum absolute atomic E-state index is 0.226. The number of imidazole rings is 1. The van der Waals surface area contributed by atoms with Crippen LogP contribution in [0.5, 0.6) is 5.75 Å². The zero-order valence-electron chi connectivity index (χ0n) is 15.1. The normalized spacial score (nSPS) is 11.9. The van der Waals surface area contributed by atoms with Crippen molar-refractivity contribution >= 4 is 18.0 Å². The molecule has 0 saturated carbocycles. The van der Waals surface area contributed by atoms with Gasteiger partial charge in [-0.25, -0.2) is 10.4 Å². The van der Waals surface area contributed by atoms with Gasteiger partial charge in [0.2, 0.25) is 0 Å². The first kappa shape index (κ1) is 18.9. The molecule has 0 unspecified atom stereocenters. The average molecular weight is 381 g/mol. The maximum Gasteiger partial charge on any atom is 0.263 e. The summed E-state index contributed by atoms with van der Waals surface area (Å²) in [5.74, 6) is 0.264. The van der Waals surface area contributed by atoms with Gasteiger partial charge in [-0.2, -0.15) is 5.10 Å². The minimum atomic E-state index is -0.858. The maximum absolute atomic E-state index is 12.5. The second-order valence-corrected chi connectivity index (χ2v) is 5.79. The van der Waals surface area contributed by atoms with Crippen LogP contribution in [0.4, 0.5) is 0 Å². The lowest BCUT2D eigenvalue weighted by Gasteiger charge is -2.16. The van der Waals surface area contributed by atoms with Crippen molar-refractivity contribution in [3.8, 4) is 5.75 Å². The van der Waals surface area contributed by atoms with Gasteiger partial charge in [-0.3, -0.25) is 9.59 Å². The summed E-state index contributed by atoms with van der Waals surface area (Å²) in [6, 6.07) is 9.13. The number of benzene rings is 1. The molecule has 0 spiro atoms. The number of ether oxygens (including phenoxy) is 1. The van der Waals surface area contributed by atoms with Crippen LogP contribution >= 0.6 is 0 Å². The monoisotopic (exact) mass is 381 g/mol. The minimum Gasteiger partial charge on any atom is -0.497 e. The standard InChI is InChI=1S/C19H19N5O4/c1-27-15-6-4-13(5-7-15)18(25)23-17(9-14-10-20-12-21-14)19(26)24-22-11-16-3-2-8-28-16/h2-8,10-12,17H,9H2,1H3,(H,20,21)(H,23,25)(H,24,26)/b22-11+/t17-/m0/s1. The fourth-order valence-electron chi connectivity index (χ4n) is 2.41. The first-order chi connectivity index (χ1) is 13.7. The Morgan fingerprint density at radius 2 is 2.14 bits per heavy atom. The summed E-state index contributed by atoms with van der Waals surface area (Å²) in [5, 5.41) is 6.57. The van der Waals surface area contributed by atoms with Crippen molar-refractivity contribution in [2.45, 2.75) is 12.5 Å². The van der Waals surface area contributed by atoms with Crippen LogP contribution in [0.25, 0.3) is 0 Å². The molecule has 1 aromatic carbocycles. The van der Waals surface area contributed by atoms with Crippen molar-refractivity contribution in [1.29, 1.82) is 0 Å². The van der Waals surface area contributed by atoms with Crippen molar-refractivity contribution in [2.24, 2.45) is 5.10 Å². The van der Waals surface area contributed by atoms with E-state index in [2.05, 4.69) is 25.8 Å². The molecule has 0 aliphatic heterocycles. The third kappa shape index (κ3) is 5.07. The Kier molecular flexibility index (Phi) is 6.19. The first-order valence-corrected chi connectivity index (χ1v) is 8.44. The van der Waals surface area contributed by atoms with Crippen LogP contribution in [-0.2, 0) is 11.2 Å². The smallest absolute Gasteiger partial charge is 0.263 e. The predicted molar refractivity (Wildman–Crippen MR) is 101 cm³/mol. The lowest BCUT2D eigenvalue weighted by Crippen LogP contribution is -2.46. The van der Waals surface area contributed by atoms with Crippen LogP contribution in [0, 0.1) is 0 Å². The van der Waals surface area contributed by atoms with Gasteiger partial charge in [-0.1, -0.05) is 0 Å². The molecule has 0 fully saturated rings. The topological polar surface area (TPSA) is 122 Å². The number of furan rings is 1. The summed E-state index contributed by atoms with van der Waals surface area (Å²) < 4.78 is 10.2. The number of rotatable bonds is 8. The molecule has 9 heteroatoms. The van der Waals surface area contributed by atoms with E-state index in [-0.39, 0.29) is 6.42 Å². The molecule has 9 nitrogen and oxygen atoms in total. The summed E-state index contributed by atoms with van der Waals surface area (Å²) in [6.45, 7) is 0. The van der Waals surface area contributed by atoms with Gasteiger partial charge in [0, 0.05) is 23.9 Å². The van der Waals surface area contributed by atoms with E-state index in [1.54, 1.807) is 49.7 Å². The molecule has 0 aliphatic rings. The highest BCUT2D eigenvalue weighted by Crippen LogP contribution is 2.11. The number of hydrogen-bond donors (Lipinski definition) is 3. The van der Waals surface area contributed by atoms with Crippen LogP contribution < -0.4 is 15.5 Å². The number of H-pyrrole nitrogens is 1. The molecule has 28 heavy (non-hydrogen) atoms. The lowest BCUT2D eigenvalue weighted by atomic mass is 10.1. The van der Waals surface area contributed by atoms with Gasteiger partial charge >= 0.3 is 0 Å². The number of methoxy groups -OCH3 is 1. The van der Waals surface area contributed by atoms with Crippen LogP contribution in [0.1, 0.15) is 21.8 Å². The first-order valence-electron chi connectivity index (χ1n) is 8.44. The number of nitrogens with one attached hydrogen (secondary N) is 3. The van der Waals surface area contributed by atoms with E-state index in [0.717, 1.165) is 0 Å². The van der Waals surface area contributed by atoms with Crippen LogP contribution in [0.2, 0.25) is 0 Å². The lowest BCUT2D eigenvalue weighted by molar-refractivity contribution is -0.122. The highest BCUT2D eigenvalue weighted by Gasteiger charge is 2.22. The van der Waals surface area contributed by atoms with Gasteiger partial charge < -0.3 is 19.5 Å². The number of hydrogen-bond acceptors (Lipinski definition) is 6. The van der Waals surface area contributed by atoms with Gasteiger partial charge in [-0.05, 0) is 36.4 Å². The van der Waals surface area contributed by atoms with E-state index in [9.17, 15) is 9.59 Å². The number of nitrogens with zero attached hydrogens (tertiary/aromatic N) is 2. The van der Waals surface area contributed by atoms with E-state index in [4.69, 9.17) is 9.15 Å². The number of aromatic nitrogens is 2. The highest BCUT2D eigenvalue weighted by atomic mass is 16.5. The molecule has 144 valence electrons. The second-order valence-electron chi connectivity index (χ2n) is 5.79. The number of carbonyl (C=O) groups excluding carboxylic acids is 2. The molecule has 2 aromatic heterocycles. The number of aromatic amines is 1. The Morgan fingerprint density at radius 3 is 2.79 bits per heavy atom. The van der Waals surface area contributed by atoms with E-state index < -0.39 is 17.9 Å². The summed E-state index contributed by atoms with van der Waals surface area (Å²) >= 11 is 0. The van der Waals surface area contributed by atoms with Gasteiger partial charge in [0.25, 0.3) is 11.8 Å². The largest absolute Gasteiger partial charge is 0.497 e. The SMILES string of the molecule is COc1ccc(C(=O)N[C@@H](Cc2cnc[nH]2)C(=O)N/N=C/c2ccco2)cc1. The van der Waals surface area contributed by atoms with Crippen molar-refractivity contribution in [3.05, 3.63) is 72.2 Å². The van der Waals surface area contributed by atoms with Crippen molar-refractivity contribution in [1.82, 2.24) is 20.7 Å². The molecule has 0 bridgehead atoms. The van der Waals surface area contributed by atoms with Gasteiger partial charge in [0.1, 0.15) is 17.6 Å². The molecule has 0 aliphatic carbocycles. The van der Waals surface area contributed by atoms with Gasteiger partial charge in [-0.15, -0.1) is 0 Å². The van der Waals surface area contributed by atoms with E-state index in [1.807, 2.05) is 0 Å². The zero-order chi connectivity index (χ0) is 19.8. The Labute approximate surface area is 160 Å². The predicted octanol–water partition coefficient (Wildman–Crippen LogP) is 1.50. The number of carbonyl (C=O) groups is 2. The van der Waals surface area contributed by atoms with Gasteiger partial charge in [0.15, 0.2) is 0 Å². The molecule has 2 amide bonds. The van der Waals surface area contributed by atoms with Crippen molar-refractivity contribution < 1.29 is 18.7 Å². The summed E-state index contributed by atoms with van der Waals surface area (Å²) in [7, 11) is 1.54. The summed E-state index contributed by atoms with van der Waals surface area (Å²) in [6.07, 6.45) is 6.19. The van der Waals surface area contributed by atoms with E-state index in [1.165, 1.54) is 18.8 Å². The third-order valence-electron chi connectivity index (χ3n) is 3.86. The van der Waals surface area contributed by atoms with Crippen LogP contribution in [0.15, 0.2) is 64.7 Å². The molecule has 0 saturated heterocycles. The molecule has 3 N–H and O–H groups in total. The fourth-order valence-corrected chi connectivity index (χ4v) is 2.41. The fraction of sp³-hybridized carbons (Fsp3) is 0.158. The Hall–Kier alpha value is -3.88. The van der Waals surface area contributed by atoms with Crippen molar-refractivity contribution in [3.63, 3.8) is 0 Å². The molecule has 3 rings (SSSR count). The maximum atomic E-state index is 12.5. The second kappa shape index (κ2) is 9.17. The quantitative estimate of drug-likeness (QED) is 0.403.